The first kappa shape index (κ1) is 26.3. The highest BCUT2D eigenvalue weighted by Gasteiger charge is 2.15. The number of methoxy groups -OCH3 is 2. The molecule has 2 aromatic heterocycles. The predicted octanol–water partition coefficient (Wildman–Crippen LogP) is 5.16. The number of anilines is 2. The number of nitrogens with one attached hydrogen (secondary N) is 2. The zero-order chi connectivity index (χ0) is 26.4. The van der Waals surface area contributed by atoms with Crippen molar-refractivity contribution < 1.29 is 23.8 Å². The predicted molar refractivity (Wildman–Crippen MR) is 146 cm³/mol. The maximum Gasteiger partial charge on any atom is 0.252 e. The van der Waals surface area contributed by atoms with Crippen LogP contribution in [0.15, 0.2) is 48.5 Å². The van der Waals surface area contributed by atoms with Crippen LogP contribution in [0, 0.1) is 13.8 Å². The number of ether oxygens (including phenoxy) is 3. The lowest BCUT2D eigenvalue weighted by Crippen LogP contribution is -2.23. The second-order valence-electron chi connectivity index (χ2n) is 7.89. The molecule has 0 aliphatic heterocycles. The van der Waals surface area contributed by atoms with Crippen molar-refractivity contribution in [2.24, 2.45) is 0 Å². The van der Waals surface area contributed by atoms with Crippen LogP contribution in [0.25, 0.3) is 22.5 Å². The number of hydrogen-bond acceptors (Lipinski definition) is 9. The van der Waals surface area contributed by atoms with Gasteiger partial charge < -0.3 is 14.2 Å². The summed E-state index contributed by atoms with van der Waals surface area (Å²) in [4.78, 5) is 35.6. The van der Waals surface area contributed by atoms with Gasteiger partial charge in [0, 0.05) is 20.9 Å². The molecule has 0 saturated heterocycles. The summed E-state index contributed by atoms with van der Waals surface area (Å²) in [6.07, 6.45) is 0. The van der Waals surface area contributed by atoms with Crippen LogP contribution in [-0.4, -0.2) is 49.2 Å². The van der Waals surface area contributed by atoms with E-state index in [0.29, 0.717) is 10.3 Å². The molecule has 2 heterocycles. The molecule has 192 valence electrons. The number of hydrogen-bond donors (Lipinski definition) is 2. The zero-order valence-corrected chi connectivity index (χ0v) is 22.4. The minimum Gasteiger partial charge on any atom is -0.497 e. The molecule has 37 heavy (non-hydrogen) atoms. The second kappa shape index (κ2) is 12.0. The molecule has 0 aliphatic rings. The molecule has 0 aliphatic carbocycles. The average molecular weight is 539 g/mol. The first-order valence-electron chi connectivity index (χ1n) is 11.3. The minimum absolute atomic E-state index is 0.280. The third-order valence-corrected chi connectivity index (χ3v) is 7.05. The Hall–Kier alpha value is -3.80. The number of carbonyl (C=O) groups is 2. The van der Waals surface area contributed by atoms with Crippen molar-refractivity contribution in [1.29, 1.82) is 0 Å². The van der Waals surface area contributed by atoms with Crippen LogP contribution in [-0.2, 0) is 14.3 Å². The second-order valence-corrected chi connectivity index (χ2v) is 10.3. The lowest BCUT2D eigenvalue weighted by Gasteiger charge is -2.04. The maximum absolute atomic E-state index is 12.3. The molecule has 4 rings (SSSR count). The van der Waals surface area contributed by atoms with Gasteiger partial charge in [-0.1, -0.05) is 0 Å². The summed E-state index contributed by atoms with van der Waals surface area (Å²) in [7, 11) is 3.23. The lowest BCUT2D eigenvalue weighted by molar-refractivity contribution is -0.125. The van der Waals surface area contributed by atoms with E-state index in [1.807, 2.05) is 62.4 Å². The molecular formula is C26H26N4O5S2. The van der Waals surface area contributed by atoms with Crippen LogP contribution in [0.3, 0.4) is 0 Å². The van der Waals surface area contributed by atoms with Gasteiger partial charge in [0.05, 0.1) is 25.6 Å². The standard InChI is InChI=1S/C26H26N4O5S2/c1-15-23(17-5-9-19(33-3)10-6-17)29-25(36-15)27-21(31)13-35-14-22(32)28-26-30-24(16(2)37-26)18-7-11-20(34-4)12-8-18/h5-12H,13-14H2,1-4H3,(H,27,29,31)(H,28,30,32). The number of carbonyl (C=O) groups excluding carboxylic acids is 2. The third kappa shape index (κ3) is 6.70. The summed E-state index contributed by atoms with van der Waals surface area (Å²) in [5.74, 6) is 0.729. The molecule has 0 spiro atoms. The molecular weight excluding hydrogens is 512 g/mol. The summed E-state index contributed by atoms with van der Waals surface area (Å²) in [6.45, 7) is 3.32. The Kier molecular flexibility index (Phi) is 8.49. The van der Waals surface area contributed by atoms with E-state index < -0.39 is 11.8 Å². The first-order valence-corrected chi connectivity index (χ1v) is 12.9. The molecule has 2 amide bonds. The number of thiazole rings is 2. The lowest BCUT2D eigenvalue weighted by atomic mass is 10.1. The summed E-state index contributed by atoms with van der Waals surface area (Å²) >= 11 is 2.74. The molecule has 0 fully saturated rings. The Bertz CT molecular complexity index is 1280. The normalized spacial score (nSPS) is 10.7. The van der Waals surface area contributed by atoms with Crippen LogP contribution >= 0.6 is 22.7 Å². The molecule has 9 nitrogen and oxygen atoms in total. The number of rotatable bonds is 10. The smallest absolute Gasteiger partial charge is 0.252 e. The topological polar surface area (TPSA) is 112 Å². The van der Waals surface area contributed by atoms with Gasteiger partial charge in [-0.3, -0.25) is 20.2 Å². The van der Waals surface area contributed by atoms with E-state index in [1.54, 1.807) is 14.2 Å². The highest BCUT2D eigenvalue weighted by Crippen LogP contribution is 2.32. The molecule has 0 bridgehead atoms. The van der Waals surface area contributed by atoms with E-state index >= 15 is 0 Å². The number of nitrogens with zero attached hydrogens (tertiary/aromatic N) is 2. The molecule has 0 radical (unpaired) electrons. The molecule has 4 aromatic rings. The van der Waals surface area contributed by atoms with Crippen molar-refractivity contribution in [3.63, 3.8) is 0 Å². The largest absolute Gasteiger partial charge is 0.497 e. The quantitative estimate of drug-likeness (QED) is 0.287. The highest BCUT2D eigenvalue weighted by molar-refractivity contribution is 7.16. The fraction of sp³-hybridized carbons (Fsp3) is 0.231. The maximum atomic E-state index is 12.3. The van der Waals surface area contributed by atoms with Gasteiger partial charge in [-0.05, 0) is 62.4 Å². The number of benzene rings is 2. The fourth-order valence-electron chi connectivity index (χ4n) is 3.48. The van der Waals surface area contributed by atoms with E-state index in [1.165, 1.54) is 22.7 Å². The minimum atomic E-state index is -0.394. The van der Waals surface area contributed by atoms with E-state index in [2.05, 4.69) is 20.6 Å². The molecule has 2 N–H and O–H groups in total. The van der Waals surface area contributed by atoms with Crippen molar-refractivity contribution in [3.8, 4) is 34.0 Å². The van der Waals surface area contributed by atoms with Crippen LogP contribution in [0.5, 0.6) is 11.5 Å². The Balaban J connectivity index is 1.26. The van der Waals surface area contributed by atoms with Gasteiger partial charge in [-0.2, -0.15) is 0 Å². The highest BCUT2D eigenvalue weighted by atomic mass is 32.1. The number of aromatic nitrogens is 2. The zero-order valence-electron chi connectivity index (χ0n) is 20.8. The Morgan fingerprint density at radius 3 is 1.43 bits per heavy atom. The van der Waals surface area contributed by atoms with Crippen molar-refractivity contribution in [3.05, 3.63) is 58.3 Å². The van der Waals surface area contributed by atoms with Crippen LogP contribution in [0.4, 0.5) is 10.3 Å². The summed E-state index contributed by atoms with van der Waals surface area (Å²) in [5.41, 5.74) is 3.43. The Morgan fingerprint density at radius 2 is 1.08 bits per heavy atom. The molecule has 11 heteroatoms. The van der Waals surface area contributed by atoms with Crippen LogP contribution < -0.4 is 20.1 Å². The fourth-order valence-corrected chi connectivity index (χ4v) is 5.18. The van der Waals surface area contributed by atoms with Crippen molar-refractivity contribution in [2.75, 3.05) is 38.1 Å². The number of aryl methyl sites for hydroxylation is 2. The Morgan fingerprint density at radius 1 is 0.703 bits per heavy atom. The van der Waals surface area contributed by atoms with Gasteiger partial charge in [0.2, 0.25) is 0 Å². The van der Waals surface area contributed by atoms with Gasteiger partial charge in [0.15, 0.2) is 10.3 Å². The number of amides is 2. The summed E-state index contributed by atoms with van der Waals surface area (Å²) in [5, 5.41) is 6.37. The average Bonchev–Trinajstić information content (AvgIpc) is 3.45. The molecule has 2 aromatic carbocycles. The van der Waals surface area contributed by atoms with Gasteiger partial charge >= 0.3 is 0 Å². The Labute approximate surface area is 222 Å². The van der Waals surface area contributed by atoms with Gasteiger partial charge in [-0.15, -0.1) is 22.7 Å². The van der Waals surface area contributed by atoms with E-state index in [0.717, 1.165) is 43.8 Å². The molecule has 0 unspecified atom stereocenters. The monoisotopic (exact) mass is 538 g/mol. The molecule has 0 atom stereocenters. The molecule has 0 saturated carbocycles. The van der Waals surface area contributed by atoms with Crippen LogP contribution in [0.1, 0.15) is 9.75 Å². The summed E-state index contributed by atoms with van der Waals surface area (Å²) in [6, 6.07) is 15.1. The van der Waals surface area contributed by atoms with E-state index in [4.69, 9.17) is 14.2 Å². The summed E-state index contributed by atoms with van der Waals surface area (Å²) < 4.78 is 15.7. The van der Waals surface area contributed by atoms with Gasteiger partial charge in [-0.25, -0.2) is 9.97 Å². The SMILES string of the molecule is COc1ccc(-c2nc(NC(=O)COCC(=O)Nc3nc(-c4ccc(OC)cc4)c(C)s3)sc2C)cc1. The first-order chi connectivity index (χ1) is 17.9. The van der Waals surface area contributed by atoms with Gasteiger partial charge in [0.25, 0.3) is 11.8 Å². The third-order valence-electron chi connectivity index (χ3n) is 5.28. The van der Waals surface area contributed by atoms with Gasteiger partial charge in [0.1, 0.15) is 24.7 Å². The van der Waals surface area contributed by atoms with Crippen molar-refractivity contribution in [1.82, 2.24) is 9.97 Å². The van der Waals surface area contributed by atoms with Crippen molar-refractivity contribution >= 4 is 44.8 Å². The van der Waals surface area contributed by atoms with E-state index in [9.17, 15) is 9.59 Å². The van der Waals surface area contributed by atoms with E-state index in [-0.39, 0.29) is 13.2 Å². The van der Waals surface area contributed by atoms with Crippen molar-refractivity contribution in [2.45, 2.75) is 13.8 Å². The van der Waals surface area contributed by atoms with Crippen LogP contribution in [0.2, 0.25) is 0 Å².